The van der Waals surface area contributed by atoms with E-state index in [9.17, 15) is 9.18 Å². The predicted molar refractivity (Wildman–Crippen MR) is 51.1 cm³/mol. The van der Waals surface area contributed by atoms with E-state index >= 15 is 0 Å². The molecule has 0 atom stereocenters. The molecule has 0 aliphatic rings. The smallest absolute Gasteiger partial charge is 0.254 e. The molecule has 0 aliphatic carbocycles. The Morgan fingerprint density at radius 1 is 1.57 bits per heavy atom. The summed E-state index contributed by atoms with van der Waals surface area (Å²) in [5, 5.41) is 11.3. The van der Waals surface area contributed by atoms with E-state index in [1.807, 2.05) is 0 Å². The first-order valence-electron chi connectivity index (χ1n) is 3.98. The second kappa shape index (κ2) is 4.81. The Hall–Kier alpha value is -1.29. The van der Waals surface area contributed by atoms with Gasteiger partial charge in [0, 0.05) is 18.5 Å². The molecule has 5 heteroatoms. The second-order valence-corrected chi connectivity index (χ2v) is 2.99. The van der Waals surface area contributed by atoms with Crippen LogP contribution in [0.25, 0.3) is 0 Å². The Morgan fingerprint density at radius 2 is 2.29 bits per heavy atom. The molecule has 1 aromatic rings. The van der Waals surface area contributed by atoms with Gasteiger partial charge in [0.05, 0.1) is 5.56 Å². The highest BCUT2D eigenvalue weighted by atomic mass is 35.5. The largest absolute Gasteiger partial charge is 0.508 e. The van der Waals surface area contributed by atoms with Crippen molar-refractivity contribution in [2.24, 2.45) is 0 Å². The molecule has 76 valence electrons. The summed E-state index contributed by atoms with van der Waals surface area (Å²) in [4.78, 5) is 11.2. The molecule has 2 N–H and O–H groups in total. The summed E-state index contributed by atoms with van der Waals surface area (Å²) in [5.74, 6) is -1.23. The highest BCUT2D eigenvalue weighted by Gasteiger charge is 2.10. The molecule has 0 aliphatic heterocycles. The molecule has 1 aromatic carbocycles. The van der Waals surface area contributed by atoms with E-state index in [1.165, 1.54) is 12.1 Å². The Bertz CT molecular complexity index is 344. The van der Waals surface area contributed by atoms with Crippen LogP contribution in [0.4, 0.5) is 4.39 Å². The normalized spacial score (nSPS) is 9.86. The lowest BCUT2D eigenvalue weighted by molar-refractivity contribution is 0.0952. The number of carbonyl (C=O) groups is 1. The Balaban J connectivity index is 2.80. The Morgan fingerprint density at radius 3 is 2.86 bits per heavy atom. The molecule has 14 heavy (non-hydrogen) atoms. The topological polar surface area (TPSA) is 49.3 Å². The van der Waals surface area contributed by atoms with Crippen molar-refractivity contribution < 1.29 is 14.3 Å². The van der Waals surface area contributed by atoms with Gasteiger partial charge in [-0.1, -0.05) is 0 Å². The molecule has 0 unspecified atom stereocenters. The number of benzene rings is 1. The van der Waals surface area contributed by atoms with Crippen molar-refractivity contribution in [3.05, 3.63) is 29.6 Å². The fourth-order valence-corrected chi connectivity index (χ4v) is 1.04. The van der Waals surface area contributed by atoms with Crippen LogP contribution in [0.1, 0.15) is 10.4 Å². The van der Waals surface area contributed by atoms with Gasteiger partial charge in [-0.25, -0.2) is 4.39 Å². The van der Waals surface area contributed by atoms with Gasteiger partial charge in [0.15, 0.2) is 0 Å². The second-order valence-electron chi connectivity index (χ2n) is 2.61. The van der Waals surface area contributed by atoms with Gasteiger partial charge in [0.2, 0.25) is 0 Å². The number of alkyl halides is 1. The van der Waals surface area contributed by atoms with E-state index in [4.69, 9.17) is 16.7 Å². The first kappa shape index (κ1) is 10.8. The van der Waals surface area contributed by atoms with Crippen LogP contribution in [0, 0.1) is 5.82 Å². The van der Waals surface area contributed by atoms with E-state index in [1.54, 1.807) is 0 Å². The minimum atomic E-state index is -0.753. The summed E-state index contributed by atoms with van der Waals surface area (Å²) in [6.07, 6.45) is 0. The lowest BCUT2D eigenvalue weighted by Gasteiger charge is -2.04. The number of hydrogen-bond acceptors (Lipinski definition) is 2. The first-order valence-corrected chi connectivity index (χ1v) is 4.51. The van der Waals surface area contributed by atoms with Crippen LogP contribution in [0.5, 0.6) is 5.75 Å². The van der Waals surface area contributed by atoms with Crippen molar-refractivity contribution in [2.45, 2.75) is 0 Å². The van der Waals surface area contributed by atoms with Gasteiger partial charge in [-0.05, 0) is 12.1 Å². The van der Waals surface area contributed by atoms with Gasteiger partial charge >= 0.3 is 0 Å². The summed E-state index contributed by atoms with van der Waals surface area (Å²) in [5.41, 5.74) is -0.104. The van der Waals surface area contributed by atoms with Gasteiger partial charge in [-0.2, -0.15) is 0 Å². The van der Waals surface area contributed by atoms with Crippen LogP contribution in [-0.2, 0) is 0 Å². The maximum Gasteiger partial charge on any atom is 0.254 e. The SMILES string of the molecule is O=C(NCCCl)c1ccc(O)cc1F. The number of amides is 1. The van der Waals surface area contributed by atoms with Gasteiger partial charge < -0.3 is 10.4 Å². The standard InChI is InChI=1S/C9H9ClFNO2/c10-3-4-12-9(14)7-2-1-6(13)5-8(7)11/h1-2,5,13H,3-4H2,(H,12,14). The molecular formula is C9H9ClFNO2. The van der Waals surface area contributed by atoms with Crippen LogP contribution >= 0.6 is 11.6 Å². The summed E-state index contributed by atoms with van der Waals surface area (Å²) in [6.45, 7) is 0.278. The van der Waals surface area contributed by atoms with Crippen molar-refractivity contribution >= 4 is 17.5 Å². The minimum Gasteiger partial charge on any atom is -0.508 e. The monoisotopic (exact) mass is 217 g/mol. The van der Waals surface area contributed by atoms with Gasteiger partial charge in [-0.15, -0.1) is 11.6 Å². The predicted octanol–water partition coefficient (Wildman–Crippen LogP) is 1.50. The summed E-state index contributed by atoms with van der Waals surface area (Å²) >= 11 is 5.35. The molecule has 0 heterocycles. The van der Waals surface area contributed by atoms with Crippen molar-refractivity contribution in [2.75, 3.05) is 12.4 Å². The molecular weight excluding hydrogens is 209 g/mol. The quantitative estimate of drug-likeness (QED) is 0.754. The molecule has 0 saturated carbocycles. The third-order valence-electron chi connectivity index (χ3n) is 1.58. The van der Waals surface area contributed by atoms with Crippen LogP contribution in [0.3, 0.4) is 0 Å². The van der Waals surface area contributed by atoms with Crippen molar-refractivity contribution in [1.29, 1.82) is 0 Å². The number of nitrogens with one attached hydrogen (secondary N) is 1. The lowest BCUT2D eigenvalue weighted by Crippen LogP contribution is -2.26. The fraction of sp³-hybridized carbons (Fsp3) is 0.222. The Kier molecular flexibility index (Phi) is 3.71. The average molecular weight is 218 g/mol. The number of phenolic OH excluding ortho intramolecular Hbond substituents is 1. The zero-order chi connectivity index (χ0) is 10.6. The number of halogens is 2. The third kappa shape index (κ3) is 2.60. The third-order valence-corrected chi connectivity index (χ3v) is 1.77. The molecule has 1 amide bonds. The molecule has 1 rings (SSSR count). The van der Waals surface area contributed by atoms with Crippen molar-refractivity contribution in [3.8, 4) is 5.75 Å². The summed E-state index contributed by atoms with van der Waals surface area (Å²) < 4.78 is 13.1. The van der Waals surface area contributed by atoms with E-state index in [-0.39, 0.29) is 23.7 Å². The summed E-state index contributed by atoms with van der Waals surface area (Å²) in [6, 6.07) is 3.35. The van der Waals surface area contributed by atoms with Crippen molar-refractivity contribution in [3.63, 3.8) is 0 Å². The van der Waals surface area contributed by atoms with Crippen LogP contribution in [-0.4, -0.2) is 23.4 Å². The maximum absolute atomic E-state index is 13.1. The molecule has 0 fully saturated rings. The molecule has 0 radical (unpaired) electrons. The van der Waals surface area contributed by atoms with E-state index in [2.05, 4.69) is 5.32 Å². The number of aromatic hydroxyl groups is 1. The van der Waals surface area contributed by atoms with Gasteiger partial charge in [0.25, 0.3) is 5.91 Å². The average Bonchev–Trinajstić information content (AvgIpc) is 2.14. The molecule has 3 nitrogen and oxygen atoms in total. The first-order chi connectivity index (χ1) is 6.65. The van der Waals surface area contributed by atoms with Gasteiger partial charge in [0.1, 0.15) is 11.6 Å². The van der Waals surface area contributed by atoms with Crippen LogP contribution < -0.4 is 5.32 Å². The minimum absolute atomic E-state index is 0.104. The van der Waals surface area contributed by atoms with Gasteiger partial charge in [-0.3, -0.25) is 4.79 Å². The number of rotatable bonds is 3. The highest BCUT2D eigenvalue weighted by Crippen LogP contribution is 2.14. The van der Waals surface area contributed by atoms with Crippen LogP contribution in [0.2, 0.25) is 0 Å². The number of carbonyl (C=O) groups excluding carboxylic acids is 1. The zero-order valence-electron chi connectivity index (χ0n) is 7.26. The summed E-state index contributed by atoms with van der Waals surface area (Å²) in [7, 11) is 0. The van der Waals surface area contributed by atoms with E-state index in [0.717, 1.165) is 6.07 Å². The fourth-order valence-electron chi connectivity index (χ4n) is 0.944. The Labute approximate surface area is 85.5 Å². The maximum atomic E-state index is 13.1. The van der Waals surface area contributed by atoms with E-state index in [0.29, 0.717) is 0 Å². The van der Waals surface area contributed by atoms with Crippen LogP contribution in [0.15, 0.2) is 18.2 Å². The lowest BCUT2D eigenvalue weighted by atomic mass is 10.2. The molecule has 0 bridgehead atoms. The number of phenols is 1. The number of hydrogen-bond donors (Lipinski definition) is 2. The molecule has 0 spiro atoms. The van der Waals surface area contributed by atoms with Crippen molar-refractivity contribution in [1.82, 2.24) is 5.32 Å². The highest BCUT2D eigenvalue weighted by molar-refractivity contribution is 6.18. The molecule has 0 saturated heterocycles. The zero-order valence-corrected chi connectivity index (χ0v) is 8.01. The van der Waals surface area contributed by atoms with E-state index < -0.39 is 11.7 Å². The molecule has 0 aromatic heterocycles.